The molecule has 100 heavy (non-hydrogen) atoms. The van der Waals surface area contributed by atoms with Crippen LogP contribution >= 0.6 is 0 Å². The Morgan fingerprint density at radius 3 is 0.890 bits per heavy atom. The molecule has 0 atom stereocenters. The molecule has 0 N–H and O–H groups in total. The van der Waals surface area contributed by atoms with Gasteiger partial charge < -0.3 is 18.0 Å². The van der Waals surface area contributed by atoms with Gasteiger partial charge in [0.1, 0.15) is 22.3 Å². The van der Waals surface area contributed by atoms with Crippen LogP contribution in [-0.4, -0.2) is 39.0 Å². The predicted molar refractivity (Wildman–Crippen MR) is 406 cm³/mol. The summed E-state index contributed by atoms with van der Waals surface area (Å²) >= 11 is 0. The Morgan fingerprint density at radius 1 is 0.170 bits per heavy atom. The summed E-state index contributed by atoms with van der Waals surface area (Å²) < 4.78 is 17.3. The summed E-state index contributed by atoms with van der Waals surface area (Å²) in [5.41, 5.74) is 20.2. The summed E-state index contributed by atoms with van der Waals surface area (Å²) in [7, 11) is 0. The first kappa shape index (κ1) is 57.7. The first-order valence-electron chi connectivity index (χ1n) is 33.4. The van der Waals surface area contributed by atoms with E-state index in [1.165, 1.54) is 32.7 Å². The van der Waals surface area contributed by atoms with Crippen LogP contribution in [0.1, 0.15) is 0 Å². The van der Waals surface area contributed by atoms with E-state index in [1.807, 2.05) is 97.1 Å². The normalized spacial score (nSPS) is 11.6. The third kappa shape index (κ3) is 10.3. The molecule has 6 heterocycles. The molecule has 0 amide bonds. The summed E-state index contributed by atoms with van der Waals surface area (Å²) in [4.78, 5) is 30.0. The second kappa shape index (κ2) is 24.2. The third-order valence-electron chi connectivity index (χ3n) is 18.9. The fraction of sp³-hybridized carbons (Fsp3) is 0. The second-order valence-corrected chi connectivity index (χ2v) is 25.0. The number of nitrogens with zero attached hydrogens (tertiary/aromatic N) is 8. The van der Waals surface area contributed by atoms with Crippen LogP contribution in [0.25, 0.3) is 189 Å². The lowest BCUT2D eigenvalue weighted by Crippen LogP contribution is -2.01. The van der Waals surface area contributed by atoms with Crippen molar-refractivity contribution in [3.8, 4) is 102 Å². The van der Waals surface area contributed by atoms with E-state index in [9.17, 15) is 0 Å². The summed E-state index contributed by atoms with van der Waals surface area (Å²) in [6, 6.07) is 117. The first-order chi connectivity index (χ1) is 49.5. The Bertz CT molecular complexity index is 6480. The highest BCUT2D eigenvalue weighted by Crippen LogP contribution is 2.42. The van der Waals surface area contributed by atoms with Gasteiger partial charge in [-0.1, -0.05) is 255 Å². The van der Waals surface area contributed by atoms with E-state index in [4.69, 9.17) is 38.7 Å². The van der Waals surface area contributed by atoms with E-state index < -0.39 is 0 Å². The molecule has 0 aliphatic rings. The number of furan rings is 2. The molecule has 10 heteroatoms. The minimum atomic E-state index is 0.614. The van der Waals surface area contributed by atoms with Crippen molar-refractivity contribution in [2.45, 2.75) is 0 Å². The predicted octanol–water partition coefficient (Wildman–Crippen LogP) is 23.1. The van der Waals surface area contributed by atoms with Crippen LogP contribution in [0.3, 0.4) is 0 Å². The molecule has 0 aliphatic carbocycles. The molecule has 0 spiro atoms. The zero-order valence-corrected chi connectivity index (χ0v) is 53.7. The molecule has 14 aromatic carbocycles. The van der Waals surface area contributed by atoms with Crippen molar-refractivity contribution in [3.05, 3.63) is 340 Å². The van der Waals surface area contributed by atoms with Crippen molar-refractivity contribution in [2.75, 3.05) is 0 Å². The van der Waals surface area contributed by atoms with Crippen molar-refractivity contribution in [1.29, 1.82) is 0 Å². The molecule has 0 fully saturated rings. The lowest BCUT2D eigenvalue weighted by molar-refractivity contribution is 0.669. The van der Waals surface area contributed by atoms with Crippen molar-refractivity contribution in [2.24, 2.45) is 0 Å². The van der Waals surface area contributed by atoms with Crippen LogP contribution in [0, 0.1) is 0 Å². The van der Waals surface area contributed by atoms with Crippen LogP contribution in [0.2, 0.25) is 0 Å². The Hall–Kier alpha value is -13.7. The highest BCUT2D eigenvalue weighted by molar-refractivity contribution is 6.19. The molecule has 0 aliphatic heterocycles. The second-order valence-electron chi connectivity index (χ2n) is 25.0. The Morgan fingerprint density at radius 2 is 0.470 bits per heavy atom. The van der Waals surface area contributed by atoms with Gasteiger partial charge in [0.2, 0.25) is 0 Å². The van der Waals surface area contributed by atoms with Gasteiger partial charge in [0.25, 0.3) is 0 Å². The Balaban J connectivity index is 0.000000139. The number of para-hydroxylation sites is 4. The van der Waals surface area contributed by atoms with Crippen molar-refractivity contribution >= 4 is 87.5 Å². The number of hydrogen-bond donors (Lipinski definition) is 0. The molecule has 20 aromatic rings. The fourth-order valence-electron chi connectivity index (χ4n) is 14.1. The quantitative estimate of drug-likeness (QED) is 0.133. The zero-order chi connectivity index (χ0) is 66.0. The molecule has 468 valence electrons. The van der Waals surface area contributed by atoms with Gasteiger partial charge in [-0.25, -0.2) is 29.9 Å². The van der Waals surface area contributed by atoms with E-state index in [1.54, 1.807) is 0 Å². The van der Waals surface area contributed by atoms with E-state index in [-0.39, 0.29) is 0 Å². The van der Waals surface area contributed by atoms with Gasteiger partial charge in [0.15, 0.2) is 34.9 Å². The number of fused-ring (bicyclic) bond motifs is 12. The Kier molecular flexibility index (Phi) is 14.0. The van der Waals surface area contributed by atoms with E-state index in [0.29, 0.717) is 34.9 Å². The maximum absolute atomic E-state index is 6.34. The van der Waals surface area contributed by atoms with Gasteiger partial charge in [-0.05, 0) is 95.1 Å². The number of hydrogen-bond acceptors (Lipinski definition) is 8. The summed E-state index contributed by atoms with van der Waals surface area (Å²) in [6.07, 6.45) is 0. The zero-order valence-electron chi connectivity index (χ0n) is 53.7. The van der Waals surface area contributed by atoms with Crippen LogP contribution in [-0.2, 0) is 0 Å². The minimum Gasteiger partial charge on any atom is -0.456 e. The van der Waals surface area contributed by atoms with E-state index in [2.05, 4.69) is 252 Å². The minimum absolute atomic E-state index is 0.614. The maximum atomic E-state index is 6.34. The topological polar surface area (TPSA) is 113 Å². The van der Waals surface area contributed by atoms with Crippen LogP contribution in [0.4, 0.5) is 0 Å². The largest absolute Gasteiger partial charge is 0.456 e. The molecular formula is C90H56N8O2. The van der Waals surface area contributed by atoms with Gasteiger partial charge in [-0.2, -0.15) is 0 Å². The summed E-state index contributed by atoms with van der Waals surface area (Å²) in [5.74, 6) is 3.77. The summed E-state index contributed by atoms with van der Waals surface area (Å²) in [6.45, 7) is 0. The molecule has 10 nitrogen and oxygen atoms in total. The van der Waals surface area contributed by atoms with E-state index >= 15 is 0 Å². The van der Waals surface area contributed by atoms with E-state index in [0.717, 1.165) is 122 Å². The summed E-state index contributed by atoms with van der Waals surface area (Å²) in [5, 5.41) is 9.25. The highest BCUT2D eigenvalue weighted by Gasteiger charge is 2.21. The fourth-order valence-corrected chi connectivity index (χ4v) is 14.1. The monoisotopic (exact) mass is 1280 g/mol. The average molecular weight is 1280 g/mol. The number of benzene rings is 14. The first-order valence-corrected chi connectivity index (χ1v) is 33.4. The van der Waals surface area contributed by atoms with Gasteiger partial charge in [-0.15, -0.1) is 0 Å². The standard InChI is InChI=1S/2C45H28N4O/c1-3-12-29(13-4-1)30-22-24-32(25-23-30)44-46-43(31-14-5-2-6-15-31)47-45(48-44)33-16-11-17-34(26-33)49-39-20-9-7-18-35(39)37-27-38-36-19-8-10-21-41(36)50-42(38)28-40(37)49;1-3-11-29(12-4-1)30-19-21-32(22-20-30)44-46-43(31-13-5-2-6-14-31)47-45(48-44)33-23-25-34(26-24-33)49-39-17-9-7-15-35(39)37-27-38-36-16-8-10-18-41(36)50-42(38)28-40(37)49/h2*1-28H. The molecule has 0 saturated heterocycles. The van der Waals surface area contributed by atoms with Gasteiger partial charge in [-0.3, -0.25) is 0 Å². The lowest BCUT2D eigenvalue weighted by Gasteiger charge is -2.12. The molecule has 0 unspecified atom stereocenters. The van der Waals surface area contributed by atoms with Crippen molar-refractivity contribution in [1.82, 2.24) is 39.0 Å². The highest BCUT2D eigenvalue weighted by atomic mass is 16.3. The van der Waals surface area contributed by atoms with Crippen LogP contribution in [0.5, 0.6) is 0 Å². The van der Waals surface area contributed by atoms with Crippen molar-refractivity contribution in [3.63, 3.8) is 0 Å². The maximum Gasteiger partial charge on any atom is 0.164 e. The molecule has 0 saturated carbocycles. The third-order valence-corrected chi connectivity index (χ3v) is 18.9. The molecular weight excluding hydrogens is 1230 g/mol. The van der Waals surface area contributed by atoms with Gasteiger partial charge in [0, 0.05) is 100.0 Å². The lowest BCUT2D eigenvalue weighted by atomic mass is 10.0. The SMILES string of the molecule is c1ccc(-c2ccc(-c3nc(-c4ccccc4)nc(-c4ccc(-n5c6ccccc6c6cc7c(cc65)oc5ccccc57)cc4)n3)cc2)cc1.c1ccc(-c2ccc(-c3nc(-c4ccccc4)nc(-c4cccc(-n5c6ccccc6c6cc7c(cc65)oc5ccccc57)c4)n3)cc2)cc1. The number of aromatic nitrogens is 8. The van der Waals surface area contributed by atoms with Crippen molar-refractivity contribution < 1.29 is 8.83 Å². The molecule has 0 bridgehead atoms. The Labute approximate surface area is 573 Å². The van der Waals surface area contributed by atoms with Crippen LogP contribution in [0.15, 0.2) is 349 Å². The van der Waals surface area contributed by atoms with Crippen LogP contribution < -0.4 is 0 Å². The number of rotatable bonds is 10. The van der Waals surface area contributed by atoms with Gasteiger partial charge >= 0.3 is 0 Å². The molecule has 6 aromatic heterocycles. The van der Waals surface area contributed by atoms with Gasteiger partial charge in [0.05, 0.1) is 22.1 Å². The molecule has 20 rings (SSSR count). The molecule has 0 radical (unpaired) electrons. The average Bonchev–Trinajstić information content (AvgIpc) is 1.58. The smallest absolute Gasteiger partial charge is 0.164 e.